The van der Waals surface area contributed by atoms with Crippen molar-refractivity contribution in [2.45, 2.75) is 49.9 Å². The summed E-state index contributed by atoms with van der Waals surface area (Å²) in [7, 11) is 0. The number of fused-ring (bicyclic) bond motifs is 9. The fourth-order valence-corrected chi connectivity index (χ4v) is 11.0. The molecule has 0 aliphatic heterocycles. The number of hydrogen-bond acceptors (Lipinski definition) is 0. The predicted molar refractivity (Wildman–Crippen MR) is 251 cm³/mol. The van der Waals surface area contributed by atoms with Crippen LogP contribution in [0.25, 0.3) is 39.0 Å². The van der Waals surface area contributed by atoms with E-state index in [4.69, 9.17) is 0 Å². The SMILES string of the molecule is CC1(C)c2ccccc2C2(c3ccccc3-c3cc(C4=CC=C(C(Cc5ccc(-c6ccccc6)cc5)c5ccc(-c6ccccc6)cc5)CC4)ccc32)c2ccccc21. The van der Waals surface area contributed by atoms with Crippen LogP contribution < -0.4 is 0 Å². The molecule has 0 heteroatoms. The lowest BCUT2D eigenvalue weighted by Crippen LogP contribution is -2.40. The van der Waals surface area contributed by atoms with Crippen molar-refractivity contribution in [2.75, 3.05) is 0 Å². The highest BCUT2D eigenvalue weighted by Crippen LogP contribution is 2.62. The Morgan fingerprint density at radius 2 is 0.883 bits per heavy atom. The standard InChI is InChI=1S/C60H48/c1-59(2)55-21-11-13-23-57(55)60(58-24-14-12-22-56(58)59)53-20-10-9-19-50(53)52-40-49(37-38-54(52)60)46-31-35-48(36-32-46)51(47-33-29-45(30-34-47)43-17-7-4-8-18-43)39-41-25-27-44(28-26-41)42-15-5-3-6-16-42/h3-31,33-35,37-38,40,51H,32,36,39H2,1-2H3. The number of benzene rings is 8. The average molecular weight is 769 g/mol. The molecular formula is C60H48. The van der Waals surface area contributed by atoms with Crippen LogP contribution in [-0.4, -0.2) is 0 Å². The van der Waals surface area contributed by atoms with Crippen LogP contribution in [0.3, 0.4) is 0 Å². The zero-order chi connectivity index (χ0) is 40.3. The van der Waals surface area contributed by atoms with Crippen molar-refractivity contribution in [3.8, 4) is 33.4 Å². The molecule has 0 N–H and O–H groups in total. The van der Waals surface area contributed by atoms with Gasteiger partial charge in [0.2, 0.25) is 0 Å². The fraction of sp³-hybridized carbons (Fsp3) is 0.133. The highest BCUT2D eigenvalue weighted by atomic mass is 14.5. The van der Waals surface area contributed by atoms with Crippen molar-refractivity contribution in [3.05, 3.63) is 268 Å². The molecule has 0 radical (unpaired) electrons. The topological polar surface area (TPSA) is 0 Å². The maximum atomic E-state index is 2.51. The van der Waals surface area contributed by atoms with Gasteiger partial charge >= 0.3 is 0 Å². The molecule has 0 amide bonds. The average Bonchev–Trinajstić information content (AvgIpc) is 3.61. The lowest BCUT2D eigenvalue weighted by molar-refractivity contribution is 0.563. The van der Waals surface area contributed by atoms with E-state index in [0.717, 1.165) is 19.3 Å². The quantitative estimate of drug-likeness (QED) is 0.151. The Bertz CT molecular complexity index is 2890. The minimum absolute atomic E-state index is 0.0968. The van der Waals surface area contributed by atoms with E-state index in [9.17, 15) is 0 Å². The molecule has 0 saturated heterocycles. The van der Waals surface area contributed by atoms with Crippen LogP contribution in [0.1, 0.15) is 82.7 Å². The van der Waals surface area contributed by atoms with E-state index in [1.807, 2.05) is 0 Å². The van der Waals surface area contributed by atoms with Gasteiger partial charge in [-0.15, -0.1) is 0 Å². The second kappa shape index (κ2) is 14.5. The van der Waals surface area contributed by atoms with Gasteiger partial charge in [-0.2, -0.15) is 0 Å². The van der Waals surface area contributed by atoms with Gasteiger partial charge in [-0.1, -0.05) is 226 Å². The number of hydrogen-bond donors (Lipinski definition) is 0. The maximum absolute atomic E-state index is 2.51. The summed E-state index contributed by atoms with van der Waals surface area (Å²) in [5.41, 5.74) is 22.7. The molecule has 0 saturated carbocycles. The summed E-state index contributed by atoms with van der Waals surface area (Å²) in [5, 5.41) is 0. The van der Waals surface area contributed by atoms with Crippen LogP contribution >= 0.6 is 0 Å². The third-order valence-electron chi connectivity index (χ3n) is 14.0. The van der Waals surface area contributed by atoms with E-state index in [1.165, 1.54) is 94.6 Å². The Hall–Kier alpha value is -6.76. The third kappa shape index (κ3) is 5.81. The summed E-state index contributed by atoms with van der Waals surface area (Å²) in [5.74, 6) is 0.289. The Labute approximate surface area is 355 Å². The van der Waals surface area contributed by atoms with Gasteiger partial charge < -0.3 is 0 Å². The summed E-state index contributed by atoms with van der Waals surface area (Å²) < 4.78 is 0. The van der Waals surface area contributed by atoms with E-state index in [0.29, 0.717) is 0 Å². The monoisotopic (exact) mass is 768 g/mol. The number of allylic oxidation sites excluding steroid dienone is 4. The first kappa shape index (κ1) is 36.3. The molecule has 1 unspecified atom stereocenters. The van der Waals surface area contributed by atoms with Crippen molar-refractivity contribution < 1.29 is 0 Å². The summed E-state index contributed by atoms with van der Waals surface area (Å²) >= 11 is 0. The van der Waals surface area contributed by atoms with Crippen LogP contribution in [0.15, 0.2) is 218 Å². The smallest absolute Gasteiger partial charge is 0.0622 e. The third-order valence-corrected chi connectivity index (χ3v) is 14.0. The molecule has 0 bridgehead atoms. The molecule has 0 aromatic heterocycles. The molecule has 288 valence electrons. The maximum Gasteiger partial charge on any atom is 0.0719 e. The van der Waals surface area contributed by atoms with Gasteiger partial charge in [-0.3, -0.25) is 0 Å². The molecule has 0 nitrogen and oxygen atoms in total. The molecule has 11 rings (SSSR count). The minimum Gasteiger partial charge on any atom is -0.0622 e. The highest BCUT2D eigenvalue weighted by Gasteiger charge is 2.53. The summed E-state index contributed by atoms with van der Waals surface area (Å²) in [6.45, 7) is 4.79. The second-order valence-electron chi connectivity index (χ2n) is 17.5. The summed E-state index contributed by atoms with van der Waals surface area (Å²) in [6, 6.07) is 75.0. The molecular weight excluding hydrogens is 721 g/mol. The fourth-order valence-electron chi connectivity index (χ4n) is 11.0. The zero-order valence-corrected chi connectivity index (χ0v) is 34.4. The highest BCUT2D eigenvalue weighted by molar-refractivity contribution is 5.90. The van der Waals surface area contributed by atoms with Crippen LogP contribution in [0, 0.1) is 0 Å². The lowest BCUT2D eigenvalue weighted by atomic mass is 9.55. The molecule has 0 heterocycles. The van der Waals surface area contributed by atoms with Gasteiger partial charge in [0, 0.05) is 11.3 Å². The minimum atomic E-state index is -0.357. The Kier molecular flexibility index (Phi) is 8.78. The normalized spacial score (nSPS) is 15.8. The Morgan fingerprint density at radius 1 is 0.400 bits per heavy atom. The lowest BCUT2D eigenvalue weighted by Gasteiger charge is -2.46. The van der Waals surface area contributed by atoms with Gasteiger partial charge in [-0.25, -0.2) is 0 Å². The van der Waals surface area contributed by atoms with E-state index >= 15 is 0 Å². The number of rotatable bonds is 7. The Balaban J connectivity index is 0.974. The first-order chi connectivity index (χ1) is 29.5. The predicted octanol–water partition coefficient (Wildman–Crippen LogP) is 15.2. The van der Waals surface area contributed by atoms with Crippen molar-refractivity contribution in [1.82, 2.24) is 0 Å². The van der Waals surface area contributed by atoms with E-state index in [1.54, 1.807) is 0 Å². The van der Waals surface area contributed by atoms with Crippen molar-refractivity contribution in [1.29, 1.82) is 0 Å². The molecule has 8 aromatic rings. The molecule has 3 aliphatic carbocycles. The second-order valence-corrected chi connectivity index (χ2v) is 17.5. The van der Waals surface area contributed by atoms with Crippen LogP contribution in [0.2, 0.25) is 0 Å². The van der Waals surface area contributed by atoms with Gasteiger partial charge in [0.1, 0.15) is 0 Å². The summed E-state index contributed by atoms with van der Waals surface area (Å²) in [6.07, 6.45) is 7.89. The van der Waals surface area contributed by atoms with Crippen molar-refractivity contribution >= 4 is 5.57 Å². The molecule has 8 aromatic carbocycles. The van der Waals surface area contributed by atoms with Crippen molar-refractivity contribution in [2.24, 2.45) is 0 Å². The van der Waals surface area contributed by atoms with Gasteiger partial charge in [0.15, 0.2) is 0 Å². The van der Waals surface area contributed by atoms with Gasteiger partial charge in [0.05, 0.1) is 5.41 Å². The largest absolute Gasteiger partial charge is 0.0719 e. The van der Waals surface area contributed by atoms with Crippen LogP contribution in [0.5, 0.6) is 0 Å². The summed E-state index contributed by atoms with van der Waals surface area (Å²) in [4.78, 5) is 0. The van der Waals surface area contributed by atoms with Gasteiger partial charge in [-0.05, 0) is 114 Å². The van der Waals surface area contributed by atoms with Gasteiger partial charge in [0.25, 0.3) is 0 Å². The molecule has 1 atom stereocenters. The molecule has 1 spiro atoms. The first-order valence-electron chi connectivity index (χ1n) is 21.6. The zero-order valence-electron chi connectivity index (χ0n) is 34.4. The Morgan fingerprint density at radius 3 is 1.47 bits per heavy atom. The van der Waals surface area contributed by atoms with Crippen LogP contribution in [0.4, 0.5) is 0 Å². The van der Waals surface area contributed by atoms with Crippen molar-refractivity contribution in [3.63, 3.8) is 0 Å². The molecule has 3 aliphatic rings. The molecule has 60 heavy (non-hydrogen) atoms. The van der Waals surface area contributed by atoms with Crippen LogP contribution in [-0.2, 0) is 17.3 Å². The first-order valence-corrected chi connectivity index (χ1v) is 21.6. The molecule has 0 fully saturated rings. The van der Waals surface area contributed by atoms with E-state index < -0.39 is 0 Å². The van der Waals surface area contributed by atoms with E-state index in [2.05, 4.69) is 226 Å². The van der Waals surface area contributed by atoms with E-state index in [-0.39, 0.29) is 16.7 Å².